The molecule has 5 heteroatoms. The van der Waals surface area contributed by atoms with Crippen molar-refractivity contribution in [1.82, 2.24) is 4.98 Å². The second-order valence-electron chi connectivity index (χ2n) is 4.76. The third kappa shape index (κ3) is 2.68. The Morgan fingerprint density at radius 3 is 2.35 bits per heavy atom. The zero-order chi connectivity index (χ0) is 16.2. The minimum Gasteiger partial charge on any atom is -0.496 e. The van der Waals surface area contributed by atoms with E-state index >= 15 is 0 Å². The summed E-state index contributed by atoms with van der Waals surface area (Å²) in [7, 11) is 3.21. The largest absolute Gasteiger partial charge is 0.496 e. The van der Waals surface area contributed by atoms with Crippen LogP contribution in [-0.4, -0.2) is 25.5 Å². The average molecular weight is 309 g/mol. The van der Waals surface area contributed by atoms with Gasteiger partial charge in [-0.05, 0) is 12.1 Å². The Labute approximate surface area is 133 Å². The number of benzene rings is 2. The summed E-state index contributed by atoms with van der Waals surface area (Å²) in [4.78, 5) is 14.8. The second-order valence-corrected chi connectivity index (χ2v) is 4.76. The summed E-state index contributed by atoms with van der Waals surface area (Å²) in [6.45, 7) is 0. The van der Waals surface area contributed by atoms with Crippen LogP contribution in [0.15, 0.2) is 53.1 Å². The fraction of sp³-hybridized carbons (Fsp3) is 0.111. The molecular formula is C18H15NO4. The molecule has 3 rings (SSSR count). The maximum absolute atomic E-state index is 10.9. The van der Waals surface area contributed by atoms with Gasteiger partial charge in [0.25, 0.3) is 5.89 Å². The zero-order valence-corrected chi connectivity index (χ0v) is 12.8. The predicted octanol–water partition coefficient (Wildman–Crippen LogP) is 3.84. The lowest BCUT2D eigenvalue weighted by Crippen LogP contribution is -1.93. The van der Waals surface area contributed by atoms with Gasteiger partial charge >= 0.3 is 0 Å². The highest BCUT2D eigenvalue weighted by Gasteiger charge is 2.19. The van der Waals surface area contributed by atoms with Gasteiger partial charge in [-0.2, -0.15) is 0 Å². The van der Waals surface area contributed by atoms with E-state index in [2.05, 4.69) is 4.98 Å². The highest BCUT2D eigenvalue weighted by Crippen LogP contribution is 2.42. The standard InChI is InChI=1S/C18H15NO4/c1-21-14-8-4-3-6-12(14)13-7-5-9-15(22-2)18(13)16-10-19-17(11-20)23-16/h3-11H,1-2H3. The van der Waals surface area contributed by atoms with Crippen LogP contribution in [0.3, 0.4) is 0 Å². The van der Waals surface area contributed by atoms with Gasteiger partial charge in [0.15, 0.2) is 5.76 Å². The van der Waals surface area contributed by atoms with E-state index in [0.29, 0.717) is 17.8 Å². The normalized spacial score (nSPS) is 10.3. The highest BCUT2D eigenvalue weighted by molar-refractivity contribution is 5.88. The molecule has 0 aliphatic heterocycles. The molecule has 0 aliphatic carbocycles. The number of rotatable bonds is 5. The van der Waals surface area contributed by atoms with Gasteiger partial charge in [-0.15, -0.1) is 0 Å². The van der Waals surface area contributed by atoms with Crippen LogP contribution in [0.2, 0.25) is 0 Å². The number of aldehydes is 1. The number of hydrogen-bond acceptors (Lipinski definition) is 5. The van der Waals surface area contributed by atoms with E-state index in [1.165, 1.54) is 6.20 Å². The summed E-state index contributed by atoms with van der Waals surface area (Å²) < 4.78 is 16.4. The van der Waals surface area contributed by atoms with Gasteiger partial charge in [-0.1, -0.05) is 30.3 Å². The van der Waals surface area contributed by atoms with Crippen LogP contribution in [-0.2, 0) is 0 Å². The molecule has 1 heterocycles. The summed E-state index contributed by atoms with van der Waals surface area (Å²) in [6.07, 6.45) is 2.09. The van der Waals surface area contributed by atoms with Crippen molar-refractivity contribution in [3.05, 3.63) is 54.6 Å². The number of carbonyl (C=O) groups is 1. The number of hydrogen-bond donors (Lipinski definition) is 0. The molecule has 0 amide bonds. The summed E-state index contributed by atoms with van der Waals surface area (Å²) in [6, 6.07) is 13.3. The van der Waals surface area contributed by atoms with Crippen molar-refractivity contribution in [3.8, 4) is 33.9 Å². The van der Waals surface area contributed by atoms with Crippen molar-refractivity contribution in [2.24, 2.45) is 0 Å². The Morgan fingerprint density at radius 2 is 1.65 bits per heavy atom. The van der Waals surface area contributed by atoms with Gasteiger partial charge in [0, 0.05) is 11.1 Å². The predicted molar refractivity (Wildman–Crippen MR) is 85.9 cm³/mol. The number of aromatic nitrogens is 1. The van der Waals surface area contributed by atoms with E-state index in [4.69, 9.17) is 13.9 Å². The molecular weight excluding hydrogens is 294 g/mol. The minimum absolute atomic E-state index is 0.0249. The summed E-state index contributed by atoms with van der Waals surface area (Å²) in [5.74, 6) is 1.85. The molecule has 0 spiro atoms. The number of carbonyl (C=O) groups excluding carboxylic acids is 1. The number of para-hydroxylation sites is 1. The van der Waals surface area contributed by atoms with Crippen molar-refractivity contribution >= 4 is 6.29 Å². The van der Waals surface area contributed by atoms with Gasteiger partial charge < -0.3 is 13.9 Å². The third-order valence-electron chi connectivity index (χ3n) is 3.51. The first-order valence-corrected chi connectivity index (χ1v) is 7.00. The topological polar surface area (TPSA) is 61.6 Å². The van der Waals surface area contributed by atoms with E-state index < -0.39 is 0 Å². The Kier molecular flexibility index (Phi) is 4.10. The van der Waals surface area contributed by atoms with Crippen molar-refractivity contribution in [2.75, 3.05) is 14.2 Å². The summed E-state index contributed by atoms with van der Waals surface area (Å²) >= 11 is 0. The molecule has 5 nitrogen and oxygen atoms in total. The van der Waals surface area contributed by atoms with Crippen molar-refractivity contribution in [3.63, 3.8) is 0 Å². The minimum atomic E-state index is 0.0249. The maximum Gasteiger partial charge on any atom is 0.260 e. The number of ether oxygens (including phenoxy) is 2. The van der Waals surface area contributed by atoms with E-state index in [9.17, 15) is 4.79 Å². The Hall–Kier alpha value is -3.08. The Morgan fingerprint density at radius 1 is 0.957 bits per heavy atom. The highest BCUT2D eigenvalue weighted by atomic mass is 16.5. The first kappa shape index (κ1) is 14.8. The monoisotopic (exact) mass is 309 g/mol. The lowest BCUT2D eigenvalue weighted by atomic mass is 9.96. The molecule has 0 aliphatic rings. The second kappa shape index (κ2) is 6.36. The van der Waals surface area contributed by atoms with Gasteiger partial charge in [0.05, 0.1) is 26.0 Å². The molecule has 3 aromatic rings. The van der Waals surface area contributed by atoms with Crippen molar-refractivity contribution in [2.45, 2.75) is 0 Å². The SMILES string of the molecule is COc1ccccc1-c1cccc(OC)c1-c1cnc(C=O)o1. The van der Waals surface area contributed by atoms with Crippen molar-refractivity contribution < 1.29 is 18.7 Å². The average Bonchev–Trinajstić information content (AvgIpc) is 3.09. The molecule has 2 aromatic carbocycles. The van der Waals surface area contributed by atoms with Gasteiger partial charge in [-0.25, -0.2) is 4.98 Å². The van der Waals surface area contributed by atoms with Gasteiger partial charge in [0.1, 0.15) is 11.5 Å². The molecule has 0 unspecified atom stereocenters. The number of methoxy groups -OCH3 is 2. The van der Waals surface area contributed by atoms with E-state index in [0.717, 1.165) is 22.4 Å². The molecule has 116 valence electrons. The van der Waals surface area contributed by atoms with E-state index in [1.807, 2.05) is 42.5 Å². The van der Waals surface area contributed by atoms with Crippen molar-refractivity contribution in [1.29, 1.82) is 0 Å². The lowest BCUT2D eigenvalue weighted by molar-refractivity contribution is 0.109. The van der Waals surface area contributed by atoms with Gasteiger partial charge in [0.2, 0.25) is 6.29 Å². The van der Waals surface area contributed by atoms with Crippen LogP contribution >= 0.6 is 0 Å². The molecule has 0 N–H and O–H groups in total. The molecule has 23 heavy (non-hydrogen) atoms. The number of nitrogens with zero attached hydrogens (tertiary/aromatic N) is 1. The lowest BCUT2D eigenvalue weighted by Gasteiger charge is -2.14. The summed E-state index contributed by atoms with van der Waals surface area (Å²) in [5, 5.41) is 0. The molecule has 0 atom stereocenters. The molecule has 0 saturated carbocycles. The van der Waals surface area contributed by atoms with Gasteiger partial charge in [-0.3, -0.25) is 4.79 Å². The fourth-order valence-electron chi connectivity index (χ4n) is 2.50. The first-order chi connectivity index (χ1) is 11.3. The van der Waals surface area contributed by atoms with Crippen LogP contribution in [0.4, 0.5) is 0 Å². The third-order valence-corrected chi connectivity index (χ3v) is 3.51. The Bertz CT molecular complexity index is 839. The number of oxazole rings is 1. The smallest absolute Gasteiger partial charge is 0.260 e. The molecule has 0 saturated heterocycles. The van der Waals surface area contributed by atoms with E-state index in [1.54, 1.807) is 14.2 Å². The first-order valence-electron chi connectivity index (χ1n) is 7.00. The quantitative estimate of drug-likeness (QED) is 0.670. The van der Waals surface area contributed by atoms with Crippen LogP contribution in [0.5, 0.6) is 11.5 Å². The van der Waals surface area contributed by atoms with Crippen LogP contribution in [0.25, 0.3) is 22.5 Å². The molecule has 0 radical (unpaired) electrons. The Balaban J connectivity index is 2.27. The molecule has 0 fully saturated rings. The van der Waals surface area contributed by atoms with Crippen LogP contribution < -0.4 is 9.47 Å². The van der Waals surface area contributed by atoms with Crippen LogP contribution in [0, 0.1) is 0 Å². The summed E-state index contributed by atoms with van der Waals surface area (Å²) in [5.41, 5.74) is 2.49. The maximum atomic E-state index is 10.9. The van der Waals surface area contributed by atoms with E-state index in [-0.39, 0.29) is 5.89 Å². The molecule has 1 aromatic heterocycles. The fourth-order valence-corrected chi connectivity index (χ4v) is 2.50. The molecule has 0 bridgehead atoms. The van der Waals surface area contributed by atoms with Crippen LogP contribution in [0.1, 0.15) is 10.7 Å². The zero-order valence-electron chi connectivity index (χ0n) is 12.8.